The van der Waals surface area contributed by atoms with E-state index < -0.39 is 0 Å². The fourth-order valence-corrected chi connectivity index (χ4v) is 4.38. The van der Waals surface area contributed by atoms with E-state index in [1.54, 1.807) is 30.2 Å². The van der Waals surface area contributed by atoms with Crippen LogP contribution in [0.3, 0.4) is 0 Å². The number of hydrogen-bond donors (Lipinski definition) is 0. The van der Waals surface area contributed by atoms with Crippen LogP contribution < -0.4 is 4.74 Å². The minimum atomic E-state index is -0.0808. The van der Waals surface area contributed by atoms with Gasteiger partial charge in [0.1, 0.15) is 5.75 Å². The van der Waals surface area contributed by atoms with Gasteiger partial charge in [0.05, 0.1) is 25.1 Å². The van der Waals surface area contributed by atoms with Crippen molar-refractivity contribution in [2.45, 2.75) is 13.1 Å². The number of ether oxygens (including phenoxy) is 1. The standard InChI is InChI=1S/C25H21ClN2O2S/c1-30-22-13-12-21(26)14-20(22)15-23-24(29)28(17-19-10-6-3-7-11-19)25(31-23)27-16-18-8-4-2-5-9-18/h2-15H,16-17H2,1H3/b23-15+,27-25?. The van der Waals surface area contributed by atoms with Crippen molar-refractivity contribution in [2.75, 3.05) is 7.11 Å². The largest absolute Gasteiger partial charge is 0.496 e. The number of halogens is 1. The van der Waals surface area contributed by atoms with Crippen molar-refractivity contribution in [3.05, 3.63) is 105 Å². The van der Waals surface area contributed by atoms with Crippen molar-refractivity contribution >= 4 is 40.5 Å². The van der Waals surface area contributed by atoms with Crippen LogP contribution in [0, 0.1) is 0 Å². The molecule has 1 fully saturated rings. The predicted molar refractivity (Wildman–Crippen MR) is 128 cm³/mol. The van der Waals surface area contributed by atoms with E-state index in [2.05, 4.69) is 0 Å². The third kappa shape index (κ3) is 5.19. The minimum absolute atomic E-state index is 0.0808. The molecule has 4 rings (SSSR count). The number of hydrogen-bond acceptors (Lipinski definition) is 4. The Morgan fingerprint density at radius 2 is 1.68 bits per heavy atom. The van der Waals surface area contributed by atoms with Gasteiger partial charge in [-0.05, 0) is 47.2 Å². The zero-order valence-corrected chi connectivity index (χ0v) is 18.6. The summed E-state index contributed by atoms with van der Waals surface area (Å²) in [5.41, 5.74) is 2.90. The van der Waals surface area contributed by atoms with Crippen molar-refractivity contribution in [3.8, 4) is 5.75 Å². The first kappa shape index (κ1) is 21.2. The molecule has 3 aromatic carbocycles. The summed E-state index contributed by atoms with van der Waals surface area (Å²) in [4.78, 5) is 20.4. The molecule has 1 amide bonds. The summed E-state index contributed by atoms with van der Waals surface area (Å²) in [6.45, 7) is 0.972. The van der Waals surface area contributed by atoms with Crippen LogP contribution in [0.1, 0.15) is 16.7 Å². The fourth-order valence-electron chi connectivity index (χ4n) is 3.23. The summed E-state index contributed by atoms with van der Waals surface area (Å²) < 4.78 is 5.43. The molecular formula is C25H21ClN2O2S. The molecule has 4 nitrogen and oxygen atoms in total. The summed E-state index contributed by atoms with van der Waals surface area (Å²) >= 11 is 7.54. The average molecular weight is 449 g/mol. The van der Waals surface area contributed by atoms with E-state index in [4.69, 9.17) is 21.3 Å². The molecule has 0 N–H and O–H groups in total. The predicted octanol–water partition coefficient (Wildman–Crippen LogP) is 6.02. The molecule has 0 unspecified atom stereocenters. The molecule has 1 heterocycles. The number of carbonyl (C=O) groups is 1. The van der Waals surface area contributed by atoms with E-state index in [-0.39, 0.29) is 5.91 Å². The van der Waals surface area contributed by atoms with Crippen molar-refractivity contribution < 1.29 is 9.53 Å². The Hall–Kier alpha value is -3.02. The van der Waals surface area contributed by atoms with Gasteiger partial charge in [0.2, 0.25) is 0 Å². The first-order valence-electron chi connectivity index (χ1n) is 9.81. The summed E-state index contributed by atoms with van der Waals surface area (Å²) in [6.07, 6.45) is 1.82. The quantitative estimate of drug-likeness (QED) is 0.433. The lowest BCUT2D eigenvalue weighted by Gasteiger charge is -2.15. The number of benzene rings is 3. The number of amidine groups is 1. The maximum Gasteiger partial charge on any atom is 0.267 e. The van der Waals surface area contributed by atoms with E-state index in [9.17, 15) is 4.79 Å². The van der Waals surface area contributed by atoms with Crippen LogP contribution in [0.5, 0.6) is 5.75 Å². The monoisotopic (exact) mass is 448 g/mol. The molecule has 3 aromatic rings. The summed E-state index contributed by atoms with van der Waals surface area (Å²) in [5, 5.41) is 1.27. The summed E-state index contributed by atoms with van der Waals surface area (Å²) in [6, 6.07) is 25.3. The normalized spacial score (nSPS) is 16.3. The van der Waals surface area contributed by atoms with E-state index in [1.807, 2.05) is 66.7 Å². The molecular weight excluding hydrogens is 428 g/mol. The molecule has 0 aliphatic carbocycles. The van der Waals surface area contributed by atoms with Gasteiger partial charge in [0.15, 0.2) is 5.17 Å². The lowest BCUT2D eigenvalue weighted by atomic mass is 10.1. The lowest BCUT2D eigenvalue weighted by molar-refractivity contribution is -0.122. The van der Waals surface area contributed by atoms with Gasteiger partial charge < -0.3 is 4.74 Å². The van der Waals surface area contributed by atoms with Gasteiger partial charge in [0.25, 0.3) is 5.91 Å². The van der Waals surface area contributed by atoms with Crippen molar-refractivity contribution in [3.63, 3.8) is 0 Å². The molecule has 1 aliphatic heterocycles. The lowest BCUT2D eigenvalue weighted by Crippen LogP contribution is -2.28. The Kier molecular flexibility index (Phi) is 6.75. The molecule has 0 bridgehead atoms. The number of aliphatic imine (C=N–C) groups is 1. The Morgan fingerprint density at radius 3 is 2.35 bits per heavy atom. The molecule has 31 heavy (non-hydrogen) atoms. The Bertz CT molecular complexity index is 1130. The number of methoxy groups -OCH3 is 1. The average Bonchev–Trinajstić information content (AvgIpc) is 3.08. The molecule has 0 spiro atoms. The SMILES string of the molecule is COc1ccc(Cl)cc1/C=C1/SC(=NCc2ccccc2)N(Cc2ccccc2)C1=O. The molecule has 0 radical (unpaired) electrons. The smallest absolute Gasteiger partial charge is 0.267 e. The second kappa shape index (κ2) is 9.86. The summed E-state index contributed by atoms with van der Waals surface area (Å²) in [7, 11) is 1.60. The van der Waals surface area contributed by atoms with Gasteiger partial charge in [-0.2, -0.15) is 0 Å². The molecule has 156 valence electrons. The summed E-state index contributed by atoms with van der Waals surface area (Å²) in [5.74, 6) is 0.581. The molecule has 0 aromatic heterocycles. The van der Waals surface area contributed by atoms with Crippen molar-refractivity contribution in [1.29, 1.82) is 0 Å². The van der Waals surface area contributed by atoms with Crippen LogP contribution in [0.2, 0.25) is 5.02 Å². The molecule has 1 saturated heterocycles. The van der Waals surface area contributed by atoms with Crippen LogP contribution in [0.4, 0.5) is 0 Å². The van der Waals surface area contributed by atoms with Crippen LogP contribution in [-0.4, -0.2) is 23.1 Å². The topological polar surface area (TPSA) is 41.9 Å². The first-order valence-corrected chi connectivity index (χ1v) is 11.0. The van der Waals surface area contributed by atoms with E-state index in [1.165, 1.54) is 11.8 Å². The highest BCUT2D eigenvalue weighted by Gasteiger charge is 2.33. The number of amides is 1. The second-order valence-corrected chi connectivity index (χ2v) is 8.40. The van der Waals surface area contributed by atoms with Crippen molar-refractivity contribution in [2.24, 2.45) is 4.99 Å². The number of carbonyl (C=O) groups excluding carboxylic acids is 1. The first-order chi connectivity index (χ1) is 15.1. The molecule has 0 atom stereocenters. The minimum Gasteiger partial charge on any atom is -0.496 e. The zero-order valence-electron chi connectivity index (χ0n) is 17.0. The number of rotatable bonds is 6. The molecule has 1 aliphatic rings. The highest BCUT2D eigenvalue weighted by atomic mass is 35.5. The number of thioether (sulfide) groups is 1. The van der Waals surface area contributed by atoms with Crippen molar-refractivity contribution in [1.82, 2.24) is 4.90 Å². The van der Waals surface area contributed by atoms with Crippen LogP contribution in [0.25, 0.3) is 6.08 Å². The third-order valence-electron chi connectivity index (χ3n) is 4.79. The molecule has 0 saturated carbocycles. The van der Waals surface area contributed by atoms with Gasteiger partial charge in [-0.1, -0.05) is 72.3 Å². The maximum atomic E-state index is 13.3. The van der Waals surface area contributed by atoms with Crippen LogP contribution in [-0.2, 0) is 17.9 Å². The fraction of sp³-hybridized carbons (Fsp3) is 0.120. The van der Waals surface area contributed by atoms with Gasteiger partial charge in [0, 0.05) is 10.6 Å². The molecule has 6 heteroatoms. The maximum absolute atomic E-state index is 13.3. The number of nitrogens with zero attached hydrogens (tertiary/aromatic N) is 2. The van der Waals surface area contributed by atoms with Crippen LogP contribution in [0.15, 0.2) is 88.8 Å². The Balaban J connectivity index is 1.67. The Labute approximate surface area is 191 Å². The highest BCUT2D eigenvalue weighted by Crippen LogP contribution is 2.36. The third-order valence-corrected chi connectivity index (χ3v) is 6.07. The van der Waals surface area contributed by atoms with Crippen LogP contribution >= 0.6 is 23.4 Å². The van der Waals surface area contributed by atoms with E-state index in [0.29, 0.717) is 33.9 Å². The second-order valence-electron chi connectivity index (χ2n) is 6.96. The van der Waals surface area contributed by atoms with E-state index in [0.717, 1.165) is 16.7 Å². The highest BCUT2D eigenvalue weighted by molar-refractivity contribution is 8.18. The van der Waals surface area contributed by atoms with Gasteiger partial charge in [-0.3, -0.25) is 14.7 Å². The van der Waals surface area contributed by atoms with Gasteiger partial charge in [-0.15, -0.1) is 0 Å². The van der Waals surface area contributed by atoms with E-state index >= 15 is 0 Å². The van der Waals surface area contributed by atoms with Gasteiger partial charge >= 0.3 is 0 Å². The van der Waals surface area contributed by atoms with Gasteiger partial charge in [-0.25, -0.2) is 0 Å². The Morgan fingerprint density at radius 1 is 1.00 bits per heavy atom. The zero-order chi connectivity index (χ0) is 21.6.